The normalized spacial score (nSPS) is 18.7. The van der Waals surface area contributed by atoms with Gasteiger partial charge in [0, 0.05) is 44.2 Å². The summed E-state index contributed by atoms with van der Waals surface area (Å²) in [6.45, 7) is 0.428. The molecule has 3 N–H and O–H groups in total. The first-order valence-electron chi connectivity index (χ1n) is 14.0. The number of aryl methyl sites for hydroxylation is 1. The number of ether oxygens (including phenoxy) is 2. The largest absolute Gasteiger partial charge is 0.481 e. The Balaban J connectivity index is 1.32. The molecule has 0 radical (unpaired) electrons. The molecule has 1 aliphatic heterocycles. The summed E-state index contributed by atoms with van der Waals surface area (Å²) in [5.41, 5.74) is 3.76. The molecule has 3 atom stereocenters. The highest BCUT2D eigenvalue weighted by atomic mass is 32.2. The average molecular weight is 583 g/mol. The molecule has 11 heteroatoms. The molecule has 2 heterocycles. The van der Waals surface area contributed by atoms with Crippen LogP contribution in [0.1, 0.15) is 79.6 Å². The number of benzene rings is 2. The van der Waals surface area contributed by atoms with E-state index >= 15 is 0 Å². The van der Waals surface area contributed by atoms with Gasteiger partial charge in [0.15, 0.2) is 11.4 Å². The Morgan fingerprint density at radius 2 is 1.66 bits per heavy atom. The highest BCUT2D eigenvalue weighted by molar-refractivity contribution is 7.99. The quantitative estimate of drug-likeness (QED) is 0.172. The summed E-state index contributed by atoms with van der Waals surface area (Å²) < 4.78 is 14.7. The van der Waals surface area contributed by atoms with Crippen LogP contribution in [-0.4, -0.2) is 48.7 Å². The van der Waals surface area contributed by atoms with E-state index in [9.17, 15) is 14.7 Å². The van der Waals surface area contributed by atoms with Gasteiger partial charge in [-0.3, -0.25) is 9.59 Å². The maximum Gasteiger partial charge on any atom is 0.303 e. The number of hydrogen-bond acceptors (Lipinski definition) is 8. The van der Waals surface area contributed by atoms with Gasteiger partial charge < -0.3 is 29.6 Å². The minimum absolute atomic E-state index is 0.00406. The monoisotopic (exact) mass is 582 g/mol. The molecule has 10 nitrogen and oxygen atoms in total. The van der Waals surface area contributed by atoms with E-state index in [2.05, 4.69) is 15.5 Å². The molecule has 0 aliphatic carbocycles. The second-order valence-electron chi connectivity index (χ2n) is 10.2. The van der Waals surface area contributed by atoms with Gasteiger partial charge >= 0.3 is 5.97 Å². The van der Waals surface area contributed by atoms with Crippen molar-refractivity contribution in [3.63, 3.8) is 0 Å². The van der Waals surface area contributed by atoms with Crippen molar-refractivity contribution in [1.82, 2.24) is 20.1 Å². The molecular formula is C30H38N4O6S. The summed E-state index contributed by atoms with van der Waals surface area (Å²) in [6.07, 6.45) is 5.24. The number of rotatable bonds is 15. The Morgan fingerprint density at radius 3 is 2.32 bits per heavy atom. The second kappa shape index (κ2) is 15.7. The summed E-state index contributed by atoms with van der Waals surface area (Å²) in [5.74, 6) is -0.0909. The molecule has 1 saturated heterocycles. The number of unbranched alkanes of at least 4 members (excludes halogenated alkanes) is 3. The van der Waals surface area contributed by atoms with Crippen molar-refractivity contribution in [2.45, 2.75) is 81.8 Å². The highest BCUT2D eigenvalue weighted by Crippen LogP contribution is 2.39. The zero-order valence-electron chi connectivity index (χ0n) is 23.3. The smallest absolute Gasteiger partial charge is 0.303 e. The number of amides is 1. The highest BCUT2D eigenvalue weighted by Gasteiger charge is 2.32. The standard InChI is InChI=1S/C30H38N4O6S/c1-34-20-32-33-30(34)41-19-25-16-26(23-12-10-22(18-35)11-13-23)40-29(39-25)24-14-8-21(9-15-24)17-31-27(36)6-4-2-3-5-7-28(37)38/h8-15,20,25-26,29,35H,2-7,16-19H2,1H3,(H,31,36)(H,37,38)/t25-,26+,29+/m0/s1. The molecule has 1 aromatic heterocycles. The van der Waals surface area contributed by atoms with E-state index in [1.54, 1.807) is 18.1 Å². The summed E-state index contributed by atoms with van der Waals surface area (Å²) >= 11 is 1.59. The Bertz CT molecular complexity index is 1250. The minimum Gasteiger partial charge on any atom is -0.481 e. The van der Waals surface area contributed by atoms with Crippen LogP contribution in [0.3, 0.4) is 0 Å². The molecule has 0 bridgehead atoms. The molecular weight excluding hydrogens is 544 g/mol. The Labute approximate surface area is 244 Å². The average Bonchev–Trinajstić information content (AvgIpc) is 3.41. The van der Waals surface area contributed by atoms with Gasteiger partial charge in [0.25, 0.3) is 0 Å². The van der Waals surface area contributed by atoms with Crippen molar-refractivity contribution in [2.75, 3.05) is 5.75 Å². The van der Waals surface area contributed by atoms with Crippen molar-refractivity contribution < 1.29 is 29.3 Å². The van der Waals surface area contributed by atoms with E-state index in [1.807, 2.05) is 60.1 Å². The number of thioether (sulfide) groups is 1. The van der Waals surface area contributed by atoms with Crippen LogP contribution in [-0.2, 0) is 39.3 Å². The number of carbonyl (C=O) groups is 2. The first-order valence-corrected chi connectivity index (χ1v) is 14.9. The van der Waals surface area contributed by atoms with Crippen LogP contribution in [0.4, 0.5) is 0 Å². The number of nitrogens with zero attached hydrogens (tertiary/aromatic N) is 3. The number of carbonyl (C=O) groups excluding carboxylic acids is 1. The fourth-order valence-electron chi connectivity index (χ4n) is 4.59. The Kier molecular flexibility index (Phi) is 11.7. The van der Waals surface area contributed by atoms with Gasteiger partial charge in [0.1, 0.15) is 6.33 Å². The summed E-state index contributed by atoms with van der Waals surface area (Å²) in [7, 11) is 1.91. The predicted molar refractivity (Wildman–Crippen MR) is 154 cm³/mol. The third-order valence-electron chi connectivity index (χ3n) is 6.97. The molecule has 2 aromatic carbocycles. The fourth-order valence-corrected chi connectivity index (χ4v) is 5.50. The topological polar surface area (TPSA) is 136 Å². The molecule has 1 amide bonds. The van der Waals surface area contributed by atoms with Gasteiger partial charge in [-0.15, -0.1) is 10.2 Å². The lowest BCUT2D eigenvalue weighted by molar-refractivity contribution is -0.245. The summed E-state index contributed by atoms with van der Waals surface area (Å²) in [4.78, 5) is 22.8. The minimum atomic E-state index is -0.777. The number of carboxylic acids is 1. The maximum absolute atomic E-state index is 12.2. The SMILES string of the molecule is Cn1cnnc1SC[C@@H]1C[C@H](c2ccc(CO)cc2)O[C@H](c2ccc(CNC(=O)CCCCCCC(=O)O)cc2)O1. The lowest BCUT2D eigenvalue weighted by Gasteiger charge is -2.36. The van der Waals surface area contributed by atoms with Gasteiger partial charge in [-0.2, -0.15) is 0 Å². The Morgan fingerprint density at radius 1 is 0.976 bits per heavy atom. The number of aliphatic hydroxyl groups excluding tert-OH is 1. The molecule has 0 spiro atoms. The van der Waals surface area contributed by atoms with E-state index in [-0.39, 0.29) is 31.1 Å². The van der Waals surface area contributed by atoms with Gasteiger partial charge in [-0.25, -0.2) is 0 Å². The first kappa shape index (κ1) is 30.7. The third kappa shape index (κ3) is 9.67. The zero-order chi connectivity index (χ0) is 29.0. The van der Waals surface area contributed by atoms with Gasteiger partial charge in [-0.05, 0) is 29.5 Å². The lowest BCUT2D eigenvalue weighted by Crippen LogP contribution is -2.31. The van der Waals surface area contributed by atoms with Crippen LogP contribution in [0.5, 0.6) is 0 Å². The molecule has 3 aromatic rings. The van der Waals surface area contributed by atoms with E-state index < -0.39 is 12.3 Å². The summed E-state index contributed by atoms with van der Waals surface area (Å²) in [5, 5.41) is 30.0. The lowest BCUT2D eigenvalue weighted by atomic mass is 10.0. The number of nitrogens with one attached hydrogen (secondary N) is 1. The molecule has 4 rings (SSSR count). The molecule has 0 unspecified atom stereocenters. The number of carboxylic acid groups (broad SMARTS) is 1. The van der Waals surface area contributed by atoms with Crippen molar-refractivity contribution in [1.29, 1.82) is 0 Å². The molecule has 41 heavy (non-hydrogen) atoms. The molecule has 1 fully saturated rings. The maximum atomic E-state index is 12.2. The van der Waals surface area contributed by atoms with Gasteiger partial charge in [0.2, 0.25) is 5.91 Å². The Hall–Kier alpha value is -3.25. The number of hydrogen-bond donors (Lipinski definition) is 3. The van der Waals surface area contributed by atoms with Gasteiger partial charge in [0.05, 0.1) is 18.8 Å². The van der Waals surface area contributed by atoms with E-state index in [0.717, 1.165) is 46.7 Å². The molecule has 220 valence electrons. The third-order valence-corrected chi connectivity index (χ3v) is 8.14. The van der Waals surface area contributed by atoms with Crippen LogP contribution in [0.15, 0.2) is 60.0 Å². The molecule has 0 saturated carbocycles. The number of aliphatic carboxylic acids is 1. The van der Waals surface area contributed by atoms with E-state index in [1.165, 1.54) is 0 Å². The van der Waals surface area contributed by atoms with E-state index in [0.29, 0.717) is 31.6 Å². The van der Waals surface area contributed by atoms with Crippen molar-refractivity contribution in [2.24, 2.45) is 7.05 Å². The fraction of sp³-hybridized carbons (Fsp3) is 0.467. The summed E-state index contributed by atoms with van der Waals surface area (Å²) in [6, 6.07) is 15.7. The number of aromatic nitrogens is 3. The predicted octanol–water partition coefficient (Wildman–Crippen LogP) is 4.69. The first-order chi connectivity index (χ1) is 19.9. The van der Waals surface area contributed by atoms with Crippen LogP contribution in [0, 0.1) is 0 Å². The van der Waals surface area contributed by atoms with Crippen molar-refractivity contribution >= 4 is 23.6 Å². The zero-order valence-corrected chi connectivity index (χ0v) is 24.1. The van der Waals surface area contributed by atoms with Gasteiger partial charge in [-0.1, -0.05) is 73.1 Å². The second-order valence-corrected chi connectivity index (χ2v) is 11.2. The van der Waals surface area contributed by atoms with Crippen molar-refractivity contribution in [3.05, 3.63) is 77.1 Å². The van der Waals surface area contributed by atoms with Crippen LogP contribution in [0.25, 0.3) is 0 Å². The van der Waals surface area contributed by atoms with E-state index in [4.69, 9.17) is 14.6 Å². The van der Waals surface area contributed by atoms with Crippen molar-refractivity contribution in [3.8, 4) is 0 Å². The number of aliphatic hydroxyl groups is 1. The van der Waals surface area contributed by atoms with Crippen LogP contribution >= 0.6 is 11.8 Å². The van der Waals surface area contributed by atoms with Crippen LogP contribution in [0.2, 0.25) is 0 Å². The molecule has 1 aliphatic rings. The van der Waals surface area contributed by atoms with Crippen LogP contribution < -0.4 is 5.32 Å².